The number of methoxy groups -OCH3 is 1. The number of hydrogen-bond donors (Lipinski definition) is 1. The zero-order chi connectivity index (χ0) is 11.7. The second-order valence-electron chi connectivity index (χ2n) is 3.44. The van der Waals surface area contributed by atoms with Crippen LogP contribution in [0.2, 0.25) is 0 Å². The van der Waals surface area contributed by atoms with Crippen molar-refractivity contribution < 1.29 is 4.74 Å². The van der Waals surface area contributed by atoms with Crippen molar-refractivity contribution in [3.8, 4) is 0 Å². The van der Waals surface area contributed by atoms with Gasteiger partial charge in [0.1, 0.15) is 12.4 Å². The Morgan fingerprint density at radius 1 is 1.62 bits per heavy atom. The Morgan fingerprint density at radius 2 is 2.38 bits per heavy atom. The van der Waals surface area contributed by atoms with E-state index in [1.54, 1.807) is 13.3 Å². The third kappa shape index (κ3) is 1.64. The van der Waals surface area contributed by atoms with Gasteiger partial charge >= 0.3 is 0 Å². The number of aromatic nitrogens is 3. The van der Waals surface area contributed by atoms with Crippen molar-refractivity contribution in [3.63, 3.8) is 0 Å². The number of nitrogens with zero attached hydrogens (tertiary/aromatic N) is 2. The molecule has 0 atom stereocenters. The van der Waals surface area contributed by atoms with Gasteiger partial charge in [0.25, 0.3) is 5.56 Å². The fourth-order valence-corrected chi connectivity index (χ4v) is 2.18. The van der Waals surface area contributed by atoms with Crippen LogP contribution in [0.3, 0.4) is 0 Å². The van der Waals surface area contributed by atoms with E-state index in [9.17, 15) is 4.79 Å². The van der Waals surface area contributed by atoms with E-state index in [1.165, 1.54) is 16.3 Å². The molecule has 0 radical (unpaired) electrons. The molecule has 0 aliphatic heterocycles. The summed E-state index contributed by atoms with van der Waals surface area (Å²) in [6.07, 6.45) is 3.68. The van der Waals surface area contributed by atoms with E-state index in [1.807, 2.05) is 13.2 Å². The van der Waals surface area contributed by atoms with Gasteiger partial charge < -0.3 is 9.72 Å². The third-order valence-corrected chi connectivity index (χ3v) is 3.07. The maximum Gasteiger partial charge on any atom is 0.265 e. The van der Waals surface area contributed by atoms with Crippen LogP contribution in [0.4, 0.5) is 0 Å². The number of ether oxygens (including phenoxy) is 1. The van der Waals surface area contributed by atoms with Gasteiger partial charge in [0.15, 0.2) is 5.16 Å². The molecule has 6 heteroatoms. The maximum absolute atomic E-state index is 12.2. The molecule has 0 fully saturated rings. The number of aryl methyl sites for hydroxylation is 1. The van der Waals surface area contributed by atoms with Crippen molar-refractivity contribution in [1.82, 2.24) is 14.5 Å². The fourth-order valence-electron chi connectivity index (χ4n) is 1.64. The first-order valence-electron chi connectivity index (χ1n) is 4.80. The average molecular weight is 239 g/mol. The Hall–Kier alpha value is -1.27. The Morgan fingerprint density at radius 3 is 3.00 bits per heavy atom. The van der Waals surface area contributed by atoms with Crippen LogP contribution >= 0.6 is 11.8 Å². The monoisotopic (exact) mass is 239 g/mol. The van der Waals surface area contributed by atoms with Crippen LogP contribution in [-0.2, 0) is 11.5 Å². The quantitative estimate of drug-likeness (QED) is 0.649. The van der Waals surface area contributed by atoms with Crippen molar-refractivity contribution in [3.05, 3.63) is 22.1 Å². The van der Waals surface area contributed by atoms with Crippen LogP contribution in [0.15, 0.2) is 16.1 Å². The molecule has 86 valence electrons. The predicted octanol–water partition coefficient (Wildman–Crippen LogP) is 1.36. The first-order valence-corrected chi connectivity index (χ1v) is 6.03. The van der Waals surface area contributed by atoms with Crippen LogP contribution in [0, 0.1) is 6.92 Å². The van der Waals surface area contributed by atoms with Gasteiger partial charge in [-0.25, -0.2) is 4.98 Å². The molecule has 1 N–H and O–H groups in total. The molecule has 0 aliphatic carbocycles. The highest BCUT2D eigenvalue weighted by Crippen LogP contribution is 2.16. The number of fused-ring (bicyclic) bond motifs is 1. The lowest BCUT2D eigenvalue weighted by Gasteiger charge is -2.08. The SMILES string of the molecule is COCn1c(SC)nc2[nH]cc(C)c2c1=O. The largest absolute Gasteiger partial charge is 0.364 e. The van der Waals surface area contributed by atoms with Gasteiger partial charge in [0.2, 0.25) is 0 Å². The standard InChI is InChI=1S/C10H13N3O2S/c1-6-4-11-8-7(6)9(14)13(5-15-2)10(12-8)16-3/h4,11H,5H2,1-3H3. The smallest absolute Gasteiger partial charge is 0.265 e. The Kier molecular flexibility index (Phi) is 3.02. The van der Waals surface area contributed by atoms with E-state index in [0.29, 0.717) is 16.2 Å². The summed E-state index contributed by atoms with van der Waals surface area (Å²) in [5, 5.41) is 1.29. The van der Waals surface area contributed by atoms with E-state index >= 15 is 0 Å². The molecule has 0 aliphatic rings. The molecule has 2 heterocycles. The second kappa shape index (κ2) is 4.31. The number of hydrogen-bond acceptors (Lipinski definition) is 4. The first-order chi connectivity index (χ1) is 7.69. The number of nitrogens with one attached hydrogen (secondary N) is 1. The van der Waals surface area contributed by atoms with E-state index in [2.05, 4.69) is 9.97 Å². The van der Waals surface area contributed by atoms with Crippen molar-refractivity contribution in [2.45, 2.75) is 18.8 Å². The predicted molar refractivity (Wildman–Crippen MR) is 63.9 cm³/mol. The summed E-state index contributed by atoms with van der Waals surface area (Å²) >= 11 is 1.43. The highest BCUT2D eigenvalue weighted by atomic mass is 32.2. The minimum Gasteiger partial charge on any atom is -0.364 e. The highest BCUT2D eigenvalue weighted by molar-refractivity contribution is 7.98. The minimum absolute atomic E-state index is 0.0602. The number of thioether (sulfide) groups is 1. The summed E-state index contributed by atoms with van der Waals surface area (Å²) in [7, 11) is 1.56. The lowest BCUT2D eigenvalue weighted by molar-refractivity contribution is 0.120. The number of H-pyrrole nitrogens is 1. The van der Waals surface area contributed by atoms with E-state index in [4.69, 9.17) is 4.74 Å². The van der Waals surface area contributed by atoms with Crippen LogP contribution < -0.4 is 5.56 Å². The van der Waals surface area contributed by atoms with E-state index < -0.39 is 0 Å². The summed E-state index contributed by atoms with van der Waals surface area (Å²) in [5.41, 5.74) is 1.49. The van der Waals surface area contributed by atoms with E-state index in [0.717, 1.165) is 5.56 Å². The normalized spacial score (nSPS) is 11.2. The molecule has 2 aromatic rings. The van der Waals surface area contributed by atoms with Crippen molar-refractivity contribution in [2.24, 2.45) is 0 Å². The Balaban J connectivity index is 2.80. The van der Waals surface area contributed by atoms with E-state index in [-0.39, 0.29) is 12.3 Å². The lowest BCUT2D eigenvalue weighted by atomic mass is 10.3. The van der Waals surface area contributed by atoms with Crippen LogP contribution in [0.5, 0.6) is 0 Å². The molecule has 5 nitrogen and oxygen atoms in total. The molecule has 0 saturated carbocycles. The summed E-state index contributed by atoms with van der Waals surface area (Å²) < 4.78 is 6.55. The zero-order valence-corrected chi connectivity index (χ0v) is 10.2. The summed E-state index contributed by atoms with van der Waals surface area (Å²) in [6.45, 7) is 2.11. The summed E-state index contributed by atoms with van der Waals surface area (Å²) in [4.78, 5) is 19.6. The van der Waals surface area contributed by atoms with Crippen molar-refractivity contribution in [1.29, 1.82) is 0 Å². The van der Waals surface area contributed by atoms with Crippen LogP contribution in [-0.4, -0.2) is 27.9 Å². The van der Waals surface area contributed by atoms with Crippen molar-refractivity contribution >= 4 is 22.8 Å². The molecule has 0 spiro atoms. The average Bonchev–Trinajstić information content (AvgIpc) is 2.64. The van der Waals surface area contributed by atoms with Crippen molar-refractivity contribution in [2.75, 3.05) is 13.4 Å². The van der Waals surface area contributed by atoms with Gasteiger partial charge in [0, 0.05) is 13.3 Å². The second-order valence-corrected chi connectivity index (χ2v) is 4.22. The molecule has 0 aromatic carbocycles. The molecule has 2 aromatic heterocycles. The molecule has 0 bridgehead atoms. The zero-order valence-electron chi connectivity index (χ0n) is 9.40. The van der Waals surface area contributed by atoms with Gasteiger partial charge in [-0.1, -0.05) is 11.8 Å². The molecular formula is C10H13N3O2S. The molecule has 16 heavy (non-hydrogen) atoms. The molecule has 0 amide bonds. The molecule has 0 unspecified atom stereocenters. The van der Waals surface area contributed by atoms with Gasteiger partial charge in [0.05, 0.1) is 5.39 Å². The summed E-state index contributed by atoms with van der Waals surface area (Å²) in [5.74, 6) is 0. The summed E-state index contributed by atoms with van der Waals surface area (Å²) in [6, 6.07) is 0. The Bertz CT molecular complexity index is 573. The number of rotatable bonds is 3. The third-order valence-electron chi connectivity index (χ3n) is 2.39. The van der Waals surface area contributed by atoms with Crippen LogP contribution in [0.25, 0.3) is 11.0 Å². The lowest BCUT2D eigenvalue weighted by Crippen LogP contribution is -2.24. The number of aromatic amines is 1. The van der Waals surface area contributed by atoms with Gasteiger partial charge in [-0.3, -0.25) is 9.36 Å². The first kappa shape index (κ1) is 11.2. The van der Waals surface area contributed by atoms with Gasteiger partial charge in [-0.2, -0.15) is 0 Å². The highest BCUT2D eigenvalue weighted by Gasteiger charge is 2.12. The topological polar surface area (TPSA) is 59.9 Å². The maximum atomic E-state index is 12.2. The fraction of sp³-hybridized carbons (Fsp3) is 0.400. The molecule has 2 rings (SSSR count). The van der Waals surface area contributed by atoms with Gasteiger partial charge in [-0.05, 0) is 18.7 Å². The Labute approximate surface area is 96.8 Å². The van der Waals surface area contributed by atoms with Crippen LogP contribution in [0.1, 0.15) is 5.56 Å². The molecule has 0 saturated heterocycles. The minimum atomic E-state index is -0.0602. The molecular weight excluding hydrogens is 226 g/mol. The van der Waals surface area contributed by atoms with Gasteiger partial charge in [-0.15, -0.1) is 0 Å².